The summed E-state index contributed by atoms with van der Waals surface area (Å²) in [5, 5.41) is 4.86. The van der Waals surface area contributed by atoms with Gasteiger partial charge in [-0.3, -0.25) is 0 Å². The van der Waals surface area contributed by atoms with E-state index in [2.05, 4.69) is 58.1 Å². The molecule has 108 valence electrons. The van der Waals surface area contributed by atoms with Gasteiger partial charge in [0.15, 0.2) is 0 Å². The smallest absolute Gasteiger partial charge is 0.115 e. The maximum atomic E-state index is 4.78. The number of benzene rings is 1. The molecule has 0 spiro atoms. The lowest BCUT2D eigenvalue weighted by Gasteiger charge is -2.21. The maximum absolute atomic E-state index is 4.78. The van der Waals surface area contributed by atoms with Gasteiger partial charge < -0.3 is 5.32 Å². The lowest BCUT2D eigenvalue weighted by atomic mass is 9.96. The number of thiazole rings is 1. The van der Waals surface area contributed by atoms with Gasteiger partial charge in [0.1, 0.15) is 5.01 Å². The fourth-order valence-electron chi connectivity index (χ4n) is 2.51. The molecule has 3 heteroatoms. The third kappa shape index (κ3) is 3.10. The molecule has 0 fully saturated rings. The first-order valence-electron chi connectivity index (χ1n) is 7.28. The highest BCUT2D eigenvalue weighted by Gasteiger charge is 2.21. The van der Waals surface area contributed by atoms with E-state index in [4.69, 9.17) is 4.98 Å². The van der Waals surface area contributed by atoms with Crippen molar-refractivity contribution in [1.29, 1.82) is 0 Å². The molecule has 0 saturated carbocycles. The fourth-order valence-corrected chi connectivity index (χ4v) is 3.51. The molecule has 2 nitrogen and oxygen atoms in total. The summed E-state index contributed by atoms with van der Waals surface area (Å²) in [5.41, 5.74) is 5.21. The zero-order valence-electron chi connectivity index (χ0n) is 13.1. The van der Waals surface area contributed by atoms with Crippen LogP contribution in [0.3, 0.4) is 0 Å². The zero-order chi connectivity index (χ0) is 14.7. The van der Waals surface area contributed by atoms with Crippen molar-refractivity contribution >= 4 is 11.3 Å². The van der Waals surface area contributed by atoms with Crippen LogP contribution in [0.2, 0.25) is 0 Å². The van der Waals surface area contributed by atoms with Crippen molar-refractivity contribution in [3.8, 4) is 0 Å². The van der Waals surface area contributed by atoms with E-state index in [9.17, 15) is 0 Å². The number of aryl methyl sites for hydroxylation is 4. The molecular formula is C17H24N2S. The number of hydrogen-bond donors (Lipinski definition) is 1. The highest BCUT2D eigenvalue weighted by atomic mass is 32.1. The fraction of sp³-hybridized carbons (Fsp3) is 0.471. The molecule has 20 heavy (non-hydrogen) atoms. The van der Waals surface area contributed by atoms with Crippen LogP contribution in [0, 0.1) is 27.7 Å². The second kappa shape index (κ2) is 6.51. The molecule has 2 aromatic rings. The Labute approximate surface area is 126 Å². The number of rotatable bonds is 5. The van der Waals surface area contributed by atoms with E-state index in [1.165, 1.54) is 26.6 Å². The van der Waals surface area contributed by atoms with Crippen molar-refractivity contribution in [2.24, 2.45) is 0 Å². The second-order valence-corrected chi connectivity index (χ2v) is 6.62. The van der Waals surface area contributed by atoms with Crippen LogP contribution in [0.5, 0.6) is 0 Å². The number of aromatic nitrogens is 1. The highest BCUT2D eigenvalue weighted by molar-refractivity contribution is 7.11. The van der Waals surface area contributed by atoms with E-state index in [1.54, 1.807) is 0 Å². The summed E-state index contributed by atoms with van der Waals surface area (Å²) in [4.78, 5) is 6.09. The summed E-state index contributed by atoms with van der Waals surface area (Å²) in [7, 11) is 0. The predicted octanol–water partition coefficient (Wildman–Crippen LogP) is 4.47. The van der Waals surface area contributed by atoms with Crippen LogP contribution in [0.15, 0.2) is 18.2 Å². The molecule has 0 aliphatic heterocycles. The lowest BCUT2D eigenvalue weighted by molar-refractivity contribution is 0.590. The van der Waals surface area contributed by atoms with Crippen molar-refractivity contribution in [3.05, 3.63) is 50.5 Å². The lowest BCUT2D eigenvalue weighted by Crippen LogP contribution is -2.24. The normalized spacial score (nSPS) is 12.7. The van der Waals surface area contributed by atoms with Crippen molar-refractivity contribution in [1.82, 2.24) is 10.3 Å². The Hall–Kier alpha value is -1.19. The summed E-state index contributed by atoms with van der Waals surface area (Å²) in [6, 6.07) is 6.73. The quantitative estimate of drug-likeness (QED) is 0.878. The average Bonchev–Trinajstić information content (AvgIpc) is 2.73. The van der Waals surface area contributed by atoms with Crippen LogP contribution in [-0.2, 0) is 0 Å². The van der Waals surface area contributed by atoms with Gasteiger partial charge in [-0.15, -0.1) is 11.3 Å². The third-order valence-electron chi connectivity index (χ3n) is 3.72. The molecule has 0 aliphatic rings. The summed E-state index contributed by atoms with van der Waals surface area (Å²) in [6.45, 7) is 11.8. The van der Waals surface area contributed by atoms with Crippen LogP contribution < -0.4 is 5.32 Å². The molecule has 2 rings (SSSR count). The molecule has 1 heterocycles. The standard InChI is InChI=1S/C17H24N2S/c1-6-10-18-16(17-19-13(4)14(5)20-17)15-11(2)8-7-9-12(15)3/h7-9,16,18H,6,10H2,1-5H3. The van der Waals surface area contributed by atoms with Crippen LogP contribution in [0.25, 0.3) is 0 Å². The van der Waals surface area contributed by atoms with Crippen molar-refractivity contribution in [3.63, 3.8) is 0 Å². The Morgan fingerprint density at radius 2 is 1.80 bits per heavy atom. The first kappa shape index (κ1) is 15.2. The highest BCUT2D eigenvalue weighted by Crippen LogP contribution is 2.31. The van der Waals surface area contributed by atoms with Crippen molar-refractivity contribution in [2.45, 2.75) is 47.1 Å². The zero-order valence-corrected chi connectivity index (χ0v) is 13.9. The van der Waals surface area contributed by atoms with Gasteiger partial charge in [0.2, 0.25) is 0 Å². The minimum Gasteiger partial charge on any atom is -0.304 e. The minimum absolute atomic E-state index is 0.216. The Balaban J connectivity index is 2.47. The van der Waals surface area contributed by atoms with E-state index < -0.39 is 0 Å². The SMILES string of the molecule is CCCNC(c1nc(C)c(C)s1)c1c(C)cccc1C. The van der Waals surface area contributed by atoms with Crippen molar-refractivity contribution in [2.75, 3.05) is 6.54 Å². The molecule has 1 aromatic carbocycles. The van der Waals surface area contributed by atoms with E-state index in [0.29, 0.717) is 0 Å². The van der Waals surface area contributed by atoms with Gasteiger partial charge in [-0.1, -0.05) is 25.1 Å². The van der Waals surface area contributed by atoms with Gasteiger partial charge in [0, 0.05) is 4.88 Å². The molecule has 0 radical (unpaired) electrons. The Bertz CT molecular complexity index is 547. The van der Waals surface area contributed by atoms with E-state index in [1.807, 2.05) is 11.3 Å². The first-order valence-corrected chi connectivity index (χ1v) is 8.09. The van der Waals surface area contributed by atoms with Crippen LogP contribution >= 0.6 is 11.3 Å². The van der Waals surface area contributed by atoms with Gasteiger partial charge >= 0.3 is 0 Å². The Morgan fingerprint density at radius 3 is 2.30 bits per heavy atom. The molecule has 0 amide bonds. The van der Waals surface area contributed by atoms with Crippen LogP contribution in [0.4, 0.5) is 0 Å². The summed E-state index contributed by atoms with van der Waals surface area (Å²) in [5.74, 6) is 0. The topological polar surface area (TPSA) is 24.9 Å². The first-order chi connectivity index (χ1) is 9.54. The largest absolute Gasteiger partial charge is 0.304 e. The molecule has 0 saturated heterocycles. The van der Waals surface area contributed by atoms with E-state index in [0.717, 1.165) is 18.7 Å². The number of nitrogens with one attached hydrogen (secondary N) is 1. The monoisotopic (exact) mass is 288 g/mol. The summed E-state index contributed by atoms with van der Waals surface area (Å²) in [6.07, 6.45) is 1.13. The summed E-state index contributed by atoms with van der Waals surface area (Å²) < 4.78 is 0. The molecule has 1 N–H and O–H groups in total. The molecular weight excluding hydrogens is 264 g/mol. The third-order valence-corrected chi connectivity index (χ3v) is 4.86. The van der Waals surface area contributed by atoms with E-state index in [-0.39, 0.29) is 6.04 Å². The van der Waals surface area contributed by atoms with Gasteiger partial charge in [-0.05, 0) is 57.4 Å². The maximum Gasteiger partial charge on any atom is 0.115 e. The summed E-state index contributed by atoms with van der Waals surface area (Å²) >= 11 is 1.81. The molecule has 0 aliphatic carbocycles. The molecule has 1 aromatic heterocycles. The van der Waals surface area contributed by atoms with Gasteiger partial charge in [-0.2, -0.15) is 0 Å². The van der Waals surface area contributed by atoms with Gasteiger partial charge in [0.05, 0.1) is 11.7 Å². The number of hydrogen-bond acceptors (Lipinski definition) is 3. The Morgan fingerprint density at radius 1 is 1.15 bits per heavy atom. The van der Waals surface area contributed by atoms with Gasteiger partial charge in [-0.25, -0.2) is 4.98 Å². The van der Waals surface area contributed by atoms with Crippen LogP contribution in [0.1, 0.15) is 51.7 Å². The van der Waals surface area contributed by atoms with Crippen LogP contribution in [-0.4, -0.2) is 11.5 Å². The Kier molecular flexibility index (Phi) is 4.95. The average molecular weight is 288 g/mol. The molecule has 1 atom stereocenters. The predicted molar refractivity (Wildman–Crippen MR) is 87.6 cm³/mol. The molecule has 1 unspecified atom stereocenters. The second-order valence-electron chi connectivity index (χ2n) is 5.39. The van der Waals surface area contributed by atoms with E-state index >= 15 is 0 Å². The van der Waals surface area contributed by atoms with Crippen molar-refractivity contribution < 1.29 is 0 Å². The minimum atomic E-state index is 0.216. The number of nitrogens with zero attached hydrogens (tertiary/aromatic N) is 1. The molecule has 0 bridgehead atoms. The van der Waals surface area contributed by atoms with Gasteiger partial charge in [0.25, 0.3) is 0 Å².